The summed E-state index contributed by atoms with van der Waals surface area (Å²) in [6.07, 6.45) is 0. The van der Waals surface area contributed by atoms with Crippen molar-refractivity contribution in [2.75, 3.05) is 5.75 Å². The van der Waals surface area contributed by atoms with E-state index < -0.39 is 6.04 Å². The molecule has 0 aliphatic carbocycles. The third-order valence-corrected chi connectivity index (χ3v) is 5.48. The Morgan fingerprint density at radius 2 is 1.69 bits per heavy atom. The first-order valence-corrected chi connectivity index (χ1v) is 10.9. The molecule has 0 saturated carbocycles. The Kier molecular flexibility index (Phi) is 7.91. The lowest BCUT2D eigenvalue weighted by Gasteiger charge is -2.31. The molecule has 0 aliphatic rings. The number of aryl methyl sites for hydroxylation is 2. The van der Waals surface area contributed by atoms with Crippen LogP contribution in [-0.2, 0) is 16.1 Å². The smallest absolute Gasteiger partial charge is 0.242 e. The highest BCUT2D eigenvalue weighted by molar-refractivity contribution is 8.00. The molecule has 0 aromatic heterocycles. The molecule has 4 nitrogen and oxygen atoms in total. The van der Waals surface area contributed by atoms with Crippen molar-refractivity contribution in [3.63, 3.8) is 0 Å². The third-order valence-electron chi connectivity index (χ3n) is 4.48. The van der Waals surface area contributed by atoms with E-state index in [0.717, 1.165) is 16.0 Å². The Balaban J connectivity index is 2.16. The number of thioether (sulfide) groups is 1. The van der Waals surface area contributed by atoms with Crippen molar-refractivity contribution in [3.8, 4) is 0 Å². The Morgan fingerprint density at radius 1 is 1.03 bits per heavy atom. The molecule has 0 radical (unpaired) electrons. The van der Waals surface area contributed by atoms with Crippen molar-refractivity contribution < 1.29 is 9.59 Å². The van der Waals surface area contributed by atoms with Gasteiger partial charge in [0.15, 0.2) is 0 Å². The second-order valence-electron chi connectivity index (χ2n) is 8.53. The largest absolute Gasteiger partial charge is 0.350 e. The number of nitrogens with one attached hydrogen (secondary N) is 1. The van der Waals surface area contributed by atoms with Crippen molar-refractivity contribution in [1.82, 2.24) is 10.2 Å². The Labute approximate surface area is 179 Å². The van der Waals surface area contributed by atoms with Crippen LogP contribution in [0.3, 0.4) is 0 Å². The van der Waals surface area contributed by atoms with E-state index in [4.69, 9.17) is 0 Å². The van der Waals surface area contributed by atoms with Gasteiger partial charge in [-0.25, -0.2) is 0 Å². The number of carbonyl (C=O) groups is 2. The third kappa shape index (κ3) is 7.58. The molecule has 1 atom stereocenters. The maximum atomic E-state index is 13.1. The minimum absolute atomic E-state index is 0.0476. The van der Waals surface area contributed by atoms with E-state index in [9.17, 15) is 9.59 Å². The number of rotatable bonds is 7. The van der Waals surface area contributed by atoms with Gasteiger partial charge >= 0.3 is 0 Å². The van der Waals surface area contributed by atoms with Gasteiger partial charge in [-0.2, -0.15) is 0 Å². The van der Waals surface area contributed by atoms with Gasteiger partial charge in [0.25, 0.3) is 0 Å². The molecule has 1 unspecified atom stereocenters. The van der Waals surface area contributed by atoms with Gasteiger partial charge < -0.3 is 10.2 Å². The highest BCUT2D eigenvalue weighted by atomic mass is 32.2. The molecule has 0 saturated heterocycles. The van der Waals surface area contributed by atoms with Gasteiger partial charge in [0.1, 0.15) is 6.04 Å². The lowest BCUT2D eigenvalue weighted by Crippen LogP contribution is -2.52. The van der Waals surface area contributed by atoms with Crippen LogP contribution in [-0.4, -0.2) is 34.0 Å². The van der Waals surface area contributed by atoms with Crippen molar-refractivity contribution in [3.05, 3.63) is 65.2 Å². The summed E-state index contributed by atoms with van der Waals surface area (Å²) in [5.74, 6) is 0.106. The van der Waals surface area contributed by atoms with Gasteiger partial charge in [-0.1, -0.05) is 47.5 Å². The zero-order valence-corrected chi connectivity index (χ0v) is 19.1. The molecule has 2 amide bonds. The summed E-state index contributed by atoms with van der Waals surface area (Å²) in [5, 5.41) is 2.99. The van der Waals surface area contributed by atoms with Crippen LogP contribution in [0.5, 0.6) is 0 Å². The van der Waals surface area contributed by atoms with E-state index in [2.05, 4.69) is 11.4 Å². The molecular weight excluding hydrogens is 380 g/mol. The molecular formula is C24H32N2O2S. The predicted octanol–water partition coefficient (Wildman–Crippen LogP) is 4.73. The fraction of sp³-hybridized carbons (Fsp3) is 0.417. The van der Waals surface area contributed by atoms with Gasteiger partial charge in [-0.3, -0.25) is 9.59 Å². The minimum atomic E-state index is -0.555. The van der Waals surface area contributed by atoms with E-state index in [0.29, 0.717) is 12.3 Å². The summed E-state index contributed by atoms with van der Waals surface area (Å²) in [5.41, 5.74) is 3.00. The number of hydrogen-bond acceptors (Lipinski definition) is 3. The summed E-state index contributed by atoms with van der Waals surface area (Å²) in [7, 11) is 0. The van der Waals surface area contributed by atoms with E-state index >= 15 is 0 Å². The van der Waals surface area contributed by atoms with Crippen LogP contribution >= 0.6 is 11.8 Å². The molecule has 2 aromatic rings. The van der Waals surface area contributed by atoms with E-state index in [1.165, 1.54) is 17.3 Å². The zero-order valence-electron chi connectivity index (χ0n) is 18.3. The van der Waals surface area contributed by atoms with Gasteiger partial charge in [-0.05, 0) is 59.2 Å². The number of nitrogens with zero attached hydrogens (tertiary/aromatic N) is 1. The van der Waals surface area contributed by atoms with Crippen molar-refractivity contribution in [1.29, 1.82) is 0 Å². The fourth-order valence-electron chi connectivity index (χ4n) is 2.93. The van der Waals surface area contributed by atoms with Crippen LogP contribution in [0, 0.1) is 13.8 Å². The highest BCUT2D eigenvalue weighted by Gasteiger charge is 2.28. The summed E-state index contributed by atoms with van der Waals surface area (Å²) in [6.45, 7) is 12.1. The van der Waals surface area contributed by atoms with Gasteiger partial charge in [-0.15, -0.1) is 11.8 Å². The van der Waals surface area contributed by atoms with Crippen LogP contribution in [0.1, 0.15) is 44.4 Å². The molecule has 0 heterocycles. The number of amides is 2. The van der Waals surface area contributed by atoms with Crippen LogP contribution < -0.4 is 5.32 Å². The standard InChI is InChI=1S/C24H32N2O2S/c1-17-10-12-21(13-11-17)29-16-22(27)26(15-20-9-7-8-18(2)14-20)19(3)23(28)25-24(4,5)6/h7-14,19H,15-16H2,1-6H3,(H,25,28). The molecule has 0 fully saturated rings. The second-order valence-corrected chi connectivity index (χ2v) is 9.58. The van der Waals surface area contributed by atoms with Crippen LogP contribution in [0.4, 0.5) is 0 Å². The summed E-state index contributed by atoms with van der Waals surface area (Å²) in [4.78, 5) is 28.6. The first kappa shape index (κ1) is 23.0. The molecule has 156 valence electrons. The normalized spacial score (nSPS) is 12.3. The van der Waals surface area contributed by atoms with Crippen molar-refractivity contribution in [2.24, 2.45) is 0 Å². The summed E-state index contributed by atoms with van der Waals surface area (Å²) in [6, 6.07) is 15.6. The lowest BCUT2D eigenvalue weighted by atomic mass is 10.1. The Bertz CT molecular complexity index is 841. The van der Waals surface area contributed by atoms with Crippen LogP contribution in [0.15, 0.2) is 53.4 Å². The molecule has 29 heavy (non-hydrogen) atoms. The SMILES string of the molecule is Cc1ccc(SCC(=O)N(Cc2cccc(C)c2)C(C)C(=O)NC(C)(C)C)cc1. The molecule has 0 aliphatic heterocycles. The Hall–Kier alpha value is -2.27. The maximum Gasteiger partial charge on any atom is 0.242 e. The predicted molar refractivity (Wildman–Crippen MR) is 121 cm³/mol. The number of carbonyl (C=O) groups excluding carboxylic acids is 2. The molecule has 5 heteroatoms. The molecule has 0 bridgehead atoms. The van der Waals surface area contributed by atoms with E-state index in [1.807, 2.05) is 77.1 Å². The number of benzene rings is 2. The van der Waals surface area contributed by atoms with Gasteiger partial charge in [0.05, 0.1) is 5.75 Å². The topological polar surface area (TPSA) is 49.4 Å². The number of hydrogen-bond donors (Lipinski definition) is 1. The Morgan fingerprint density at radius 3 is 2.28 bits per heavy atom. The molecule has 2 rings (SSSR count). The quantitative estimate of drug-likeness (QED) is 0.669. The lowest BCUT2D eigenvalue weighted by molar-refractivity contribution is -0.139. The minimum Gasteiger partial charge on any atom is -0.350 e. The molecule has 1 N–H and O–H groups in total. The van der Waals surface area contributed by atoms with E-state index in [-0.39, 0.29) is 17.4 Å². The average Bonchev–Trinajstić information content (AvgIpc) is 2.63. The van der Waals surface area contributed by atoms with Crippen LogP contribution in [0.2, 0.25) is 0 Å². The fourth-order valence-corrected chi connectivity index (χ4v) is 3.71. The van der Waals surface area contributed by atoms with Gasteiger partial charge in [0, 0.05) is 17.0 Å². The maximum absolute atomic E-state index is 13.1. The first-order chi connectivity index (χ1) is 13.5. The zero-order chi connectivity index (χ0) is 21.6. The summed E-state index contributed by atoms with van der Waals surface area (Å²) < 4.78 is 0. The second kappa shape index (κ2) is 9.97. The molecule has 2 aromatic carbocycles. The van der Waals surface area contributed by atoms with E-state index in [1.54, 1.807) is 11.8 Å². The monoisotopic (exact) mass is 412 g/mol. The van der Waals surface area contributed by atoms with Crippen molar-refractivity contribution in [2.45, 2.75) is 64.6 Å². The first-order valence-electron chi connectivity index (χ1n) is 9.91. The summed E-state index contributed by atoms with van der Waals surface area (Å²) >= 11 is 1.50. The highest BCUT2D eigenvalue weighted by Crippen LogP contribution is 2.20. The van der Waals surface area contributed by atoms with Crippen LogP contribution in [0.25, 0.3) is 0 Å². The van der Waals surface area contributed by atoms with Gasteiger partial charge in [0.2, 0.25) is 11.8 Å². The average molecular weight is 413 g/mol. The molecule has 0 spiro atoms. The van der Waals surface area contributed by atoms with Crippen molar-refractivity contribution >= 4 is 23.6 Å².